The Kier molecular flexibility index (Phi) is 5.62. The van der Waals surface area contributed by atoms with Crippen molar-refractivity contribution in [2.45, 2.75) is 18.2 Å². The van der Waals surface area contributed by atoms with Crippen LogP contribution < -0.4 is 4.72 Å². The van der Waals surface area contributed by atoms with Gasteiger partial charge in [0.1, 0.15) is 0 Å². The third-order valence-corrected chi connectivity index (χ3v) is 5.32. The van der Waals surface area contributed by atoms with E-state index < -0.39 is 38.1 Å². The molecule has 0 saturated heterocycles. The minimum atomic E-state index is -4.12. The van der Waals surface area contributed by atoms with Gasteiger partial charge in [0, 0.05) is 18.3 Å². The first kappa shape index (κ1) is 18.4. The first-order valence-corrected chi connectivity index (χ1v) is 9.09. The van der Waals surface area contributed by atoms with Crippen molar-refractivity contribution in [2.75, 3.05) is 13.7 Å². The third kappa shape index (κ3) is 4.13. The molecule has 130 valence electrons. The zero-order chi connectivity index (χ0) is 17.9. The summed E-state index contributed by atoms with van der Waals surface area (Å²) in [5.74, 6) is -4.08. The van der Waals surface area contributed by atoms with Gasteiger partial charge in [-0.1, -0.05) is 0 Å². The molecule has 10 heteroatoms. The first-order chi connectivity index (χ1) is 11.2. The van der Waals surface area contributed by atoms with Crippen LogP contribution in [0, 0.1) is 18.6 Å². The quantitative estimate of drug-likeness (QED) is 0.780. The summed E-state index contributed by atoms with van der Waals surface area (Å²) in [4.78, 5) is 15.0. The van der Waals surface area contributed by atoms with Crippen molar-refractivity contribution in [3.05, 3.63) is 45.4 Å². The van der Waals surface area contributed by atoms with Crippen molar-refractivity contribution in [2.24, 2.45) is 0 Å². The summed E-state index contributed by atoms with van der Waals surface area (Å²) in [6.07, 6.45) is 0.344. The molecule has 1 aromatic heterocycles. The summed E-state index contributed by atoms with van der Waals surface area (Å²) < 4.78 is 58.1. The number of nitrogens with one attached hydrogen (secondary N) is 1. The second kappa shape index (κ2) is 7.32. The Morgan fingerprint density at radius 2 is 2.08 bits per heavy atom. The van der Waals surface area contributed by atoms with E-state index in [4.69, 9.17) is 0 Å². The van der Waals surface area contributed by atoms with E-state index in [0.717, 1.165) is 23.9 Å². The number of rotatable bonds is 6. The van der Waals surface area contributed by atoms with E-state index in [1.165, 1.54) is 11.3 Å². The number of aromatic nitrogens is 1. The highest BCUT2D eigenvalue weighted by Crippen LogP contribution is 2.19. The highest BCUT2D eigenvalue weighted by molar-refractivity contribution is 7.89. The highest BCUT2D eigenvalue weighted by atomic mass is 32.2. The van der Waals surface area contributed by atoms with Crippen LogP contribution in [0.1, 0.15) is 21.1 Å². The van der Waals surface area contributed by atoms with E-state index in [2.05, 4.69) is 14.4 Å². The monoisotopic (exact) mass is 376 g/mol. The standard InChI is InChI=1S/C14H14F2N2O4S2/c1-8-18-9(7-23-8)3-4-17-24(20,21)10-5-11(14(19)22-2)13(16)12(15)6-10/h5-7,17H,3-4H2,1-2H3. The summed E-state index contributed by atoms with van der Waals surface area (Å²) in [5, 5.41) is 2.66. The Morgan fingerprint density at radius 3 is 2.67 bits per heavy atom. The van der Waals surface area contributed by atoms with Crippen LogP contribution in [-0.4, -0.2) is 33.0 Å². The van der Waals surface area contributed by atoms with E-state index in [-0.39, 0.29) is 6.54 Å². The number of carbonyl (C=O) groups excluding carboxylic acids is 1. The summed E-state index contributed by atoms with van der Waals surface area (Å²) in [7, 11) is -3.13. The fourth-order valence-corrected chi connectivity index (χ4v) is 3.61. The first-order valence-electron chi connectivity index (χ1n) is 6.72. The van der Waals surface area contributed by atoms with Gasteiger partial charge in [0.2, 0.25) is 10.0 Å². The number of hydrogen-bond donors (Lipinski definition) is 1. The second-order valence-corrected chi connectivity index (χ2v) is 7.59. The molecule has 2 rings (SSSR count). The zero-order valence-corrected chi connectivity index (χ0v) is 14.4. The average Bonchev–Trinajstić information content (AvgIpc) is 2.94. The SMILES string of the molecule is COC(=O)c1cc(S(=O)(=O)NCCc2csc(C)n2)cc(F)c1F. The molecule has 0 fully saturated rings. The lowest BCUT2D eigenvalue weighted by Crippen LogP contribution is -2.26. The number of sulfonamides is 1. The van der Waals surface area contributed by atoms with Crippen LogP contribution in [0.4, 0.5) is 8.78 Å². The molecule has 0 radical (unpaired) electrons. The molecular weight excluding hydrogens is 362 g/mol. The van der Waals surface area contributed by atoms with E-state index in [9.17, 15) is 22.0 Å². The van der Waals surface area contributed by atoms with Gasteiger partial charge in [-0.25, -0.2) is 31.7 Å². The largest absolute Gasteiger partial charge is 0.465 e. The number of thiazole rings is 1. The van der Waals surface area contributed by atoms with Crippen LogP contribution in [0.25, 0.3) is 0 Å². The molecule has 0 spiro atoms. The number of hydrogen-bond acceptors (Lipinski definition) is 6. The Morgan fingerprint density at radius 1 is 1.38 bits per heavy atom. The lowest BCUT2D eigenvalue weighted by molar-refractivity contribution is 0.0594. The fourth-order valence-electron chi connectivity index (χ4n) is 1.90. The van der Waals surface area contributed by atoms with Gasteiger partial charge in [0.15, 0.2) is 11.6 Å². The predicted octanol–water partition coefficient (Wildman–Crippen LogP) is 2.04. The summed E-state index contributed by atoms with van der Waals surface area (Å²) >= 11 is 1.44. The number of benzene rings is 1. The molecule has 1 N–H and O–H groups in total. The van der Waals surface area contributed by atoms with Crippen LogP contribution in [0.2, 0.25) is 0 Å². The number of halogens is 2. The molecule has 0 atom stereocenters. The van der Waals surface area contributed by atoms with Gasteiger partial charge in [-0.15, -0.1) is 11.3 Å². The van der Waals surface area contributed by atoms with Crippen molar-refractivity contribution >= 4 is 27.3 Å². The van der Waals surface area contributed by atoms with Crippen LogP contribution in [0.5, 0.6) is 0 Å². The predicted molar refractivity (Wildman–Crippen MR) is 83.4 cm³/mol. The molecule has 0 aliphatic heterocycles. The average molecular weight is 376 g/mol. The number of methoxy groups -OCH3 is 1. The van der Waals surface area contributed by atoms with Crippen molar-refractivity contribution < 1.29 is 26.7 Å². The Hall–Kier alpha value is -1.91. The van der Waals surface area contributed by atoms with Crippen LogP contribution in [-0.2, 0) is 21.2 Å². The van der Waals surface area contributed by atoms with Gasteiger partial charge in [0.05, 0.1) is 28.3 Å². The Balaban J connectivity index is 2.19. The molecule has 6 nitrogen and oxygen atoms in total. The van der Waals surface area contributed by atoms with Gasteiger partial charge in [-0.2, -0.15) is 0 Å². The number of esters is 1. The summed E-state index contributed by atoms with van der Waals surface area (Å²) in [6, 6.07) is 1.25. The lowest BCUT2D eigenvalue weighted by Gasteiger charge is -2.09. The molecule has 0 saturated carbocycles. The normalized spacial score (nSPS) is 11.5. The lowest BCUT2D eigenvalue weighted by atomic mass is 10.2. The molecule has 1 aromatic carbocycles. The minimum absolute atomic E-state index is 0.0259. The molecule has 0 aliphatic rings. The van der Waals surface area contributed by atoms with Crippen molar-refractivity contribution in [1.82, 2.24) is 9.71 Å². The van der Waals surface area contributed by atoms with Gasteiger partial charge in [-0.3, -0.25) is 0 Å². The van der Waals surface area contributed by atoms with E-state index in [1.807, 2.05) is 6.92 Å². The van der Waals surface area contributed by atoms with Gasteiger partial charge in [0.25, 0.3) is 0 Å². The maximum absolute atomic E-state index is 13.6. The highest BCUT2D eigenvalue weighted by Gasteiger charge is 2.23. The molecule has 0 aliphatic carbocycles. The second-order valence-electron chi connectivity index (χ2n) is 4.76. The summed E-state index contributed by atoms with van der Waals surface area (Å²) in [5.41, 5.74) is -0.0614. The molecule has 2 aromatic rings. The van der Waals surface area contributed by atoms with Gasteiger partial charge >= 0.3 is 5.97 Å². The number of ether oxygens (including phenoxy) is 1. The van der Waals surface area contributed by atoms with Crippen molar-refractivity contribution in [3.8, 4) is 0 Å². The Labute approximate surface area is 141 Å². The maximum atomic E-state index is 13.6. The van der Waals surface area contributed by atoms with Crippen molar-refractivity contribution in [1.29, 1.82) is 0 Å². The molecule has 0 amide bonds. The van der Waals surface area contributed by atoms with Crippen molar-refractivity contribution in [3.63, 3.8) is 0 Å². The Bertz CT molecular complexity index is 866. The van der Waals surface area contributed by atoms with Crippen LogP contribution in [0.15, 0.2) is 22.4 Å². The zero-order valence-electron chi connectivity index (χ0n) is 12.8. The molecular formula is C14H14F2N2O4S2. The van der Waals surface area contributed by atoms with Gasteiger partial charge in [-0.05, 0) is 19.1 Å². The molecule has 0 bridgehead atoms. The van der Waals surface area contributed by atoms with Crippen LogP contribution >= 0.6 is 11.3 Å². The number of nitrogens with zero attached hydrogens (tertiary/aromatic N) is 1. The number of carbonyl (C=O) groups is 1. The maximum Gasteiger partial charge on any atom is 0.341 e. The summed E-state index contributed by atoms with van der Waals surface area (Å²) in [6.45, 7) is 1.85. The number of aryl methyl sites for hydroxylation is 1. The van der Waals surface area contributed by atoms with Crippen LogP contribution in [0.3, 0.4) is 0 Å². The van der Waals surface area contributed by atoms with E-state index in [0.29, 0.717) is 12.5 Å². The third-order valence-electron chi connectivity index (χ3n) is 3.06. The molecule has 0 unspecified atom stereocenters. The van der Waals surface area contributed by atoms with E-state index >= 15 is 0 Å². The van der Waals surface area contributed by atoms with E-state index in [1.54, 1.807) is 5.38 Å². The molecule has 1 heterocycles. The smallest absolute Gasteiger partial charge is 0.341 e. The topological polar surface area (TPSA) is 85.4 Å². The van der Waals surface area contributed by atoms with Gasteiger partial charge < -0.3 is 4.74 Å². The fraction of sp³-hybridized carbons (Fsp3) is 0.286. The minimum Gasteiger partial charge on any atom is -0.465 e. The molecule has 24 heavy (non-hydrogen) atoms.